The average molecular weight is 424 g/mol. The molecule has 0 radical (unpaired) electrons. The zero-order valence-corrected chi connectivity index (χ0v) is 17.2. The number of hydrogen-bond acceptors (Lipinski definition) is 5. The molecular weight excluding hydrogens is 401 g/mol. The maximum absolute atomic E-state index is 13.9. The van der Waals surface area contributed by atoms with Gasteiger partial charge in [-0.05, 0) is 42.0 Å². The molecule has 0 bridgehead atoms. The normalized spacial score (nSPS) is 14.2. The van der Waals surface area contributed by atoms with Gasteiger partial charge in [0.05, 0.1) is 13.2 Å². The molecule has 3 aromatic rings. The third-order valence-electron chi connectivity index (χ3n) is 4.78. The highest BCUT2D eigenvalue weighted by atomic mass is 32.1. The van der Waals surface area contributed by atoms with Crippen molar-refractivity contribution in [1.82, 2.24) is 10.3 Å². The summed E-state index contributed by atoms with van der Waals surface area (Å²) in [6.07, 6.45) is 5.01. The highest BCUT2D eigenvalue weighted by Gasteiger charge is 2.12. The van der Waals surface area contributed by atoms with E-state index in [1.807, 2.05) is 30.3 Å². The lowest BCUT2D eigenvalue weighted by Gasteiger charge is -2.28. The summed E-state index contributed by atoms with van der Waals surface area (Å²) in [5.41, 5.74) is 1.56. The molecular formula is C23H22FN3O2S. The fourth-order valence-corrected chi connectivity index (χ4v) is 4.13. The molecule has 1 aliphatic heterocycles. The smallest absolute Gasteiger partial charge is 0.244 e. The minimum Gasteiger partial charge on any atom is -0.378 e. The van der Waals surface area contributed by atoms with Gasteiger partial charge in [-0.2, -0.15) is 0 Å². The van der Waals surface area contributed by atoms with Crippen LogP contribution in [0.4, 0.5) is 10.2 Å². The molecule has 1 saturated heterocycles. The monoisotopic (exact) mass is 423 g/mol. The Balaban J connectivity index is 1.33. The number of carbonyl (C=O) groups is 1. The van der Waals surface area contributed by atoms with E-state index in [4.69, 9.17) is 4.74 Å². The number of ether oxygens (including phenoxy) is 1. The quantitative estimate of drug-likeness (QED) is 0.606. The van der Waals surface area contributed by atoms with E-state index in [1.165, 1.54) is 23.5 Å². The van der Waals surface area contributed by atoms with Crippen LogP contribution in [0.2, 0.25) is 0 Å². The van der Waals surface area contributed by atoms with Crippen molar-refractivity contribution in [2.24, 2.45) is 0 Å². The van der Waals surface area contributed by atoms with Crippen molar-refractivity contribution in [1.29, 1.82) is 0 Å². The Morgan fingerprint density at radius 3 is 2.87 bits per heavy atom. The molecule has 1 N–H and O–H groups in total. The molecule has 30 heavy (non-hydrogen) atoms. The second-order valence-corrected chi connectivity index (χ2v) is 7.97. The maximum atomic E-state index is 13.9. The number of benzene rings is 1. The van der Waals surface area contributed by atoms with E-state index in [9.17, 15) is 9.18 Å². The van der Waals surface area contributed by atoms with Crippen LogP contribution < -0.4 is 10.2 Å². The Kier molecular flexibility index (Phi) is 6.51. The largest absolute Gasteiger partial charge is 0.378 e. The molecule has 0 spiro atoms. The summed E-state index contributed by atoms with van der Waals surface area (Å²) >= 11 is 1.44. The molecule has 0 unspecified atom stereocenters. The fourth-order valence-electron chi connectivity index (χ4n) is 3.19. The number of aromatic nitrogens is 1. The first-order valence-electron chi connectivity index (χ1n) is 9.77. The van der Waals surface area contributed by atoms with Crippen LogP contribution in [0.1, 0.15) is 10.4 Å². The van der Waals surface area contributed by atoms with Gasteiger partial charge in [-0.1, -0.05) is 18.2 Å². The number of hydrogen-bond donors (Lipinski definition) is 1. The summed E-state index contributed by atoms with van der Waals surface area (Å²) in [6.45, 7) is 3.47. The molecule has 1 aliphatic rings. The Bertz CT molecular complexity index is 1040. The Morgan fingerprint density at radius 1 is 1.20 bits per heavy atom. The zero-order chi connectivity index (χ0) is 20.8. The van der Waals surface area contributed by atoms with Crippen LogP contribution >= 0.6 is 11.3 Å². The van der Waals surface area contributed by atoms with E-state index in [0.29, 0.717) is 25.3 Å². The molecule has 5 nitrogen and oxygen atoms in total. The van der Waals surface area contributed by atoms with Crippen LogP contribution in [-0.4, -0.2) is 37.2 Å². The second kappa shape index (κ2) is 9.65. The Morgan fingerprint density at radius 2 is 2.03 bits per heavy atom. The Labute approximate surface area is 178 Å². The lowest BCUT2D eigenvalue weighted by molar-refractivity contribution is -0.116. The molecule has 2 aromatic heterocycles. The number of nitrogens with zero attached hydrogens (tertiary/aromatic N) is 2. The van der Waals surface area contributed by atoms with E-state index in [-0.39, 0.29) is 11.7 Å². The van der Waals surface area contributed by atoms with Crippen molar-refractivity contribution in [3.8, 4) is 10.4 Å². The molecule has 1 fully saturated rings. The number of nitrogens with one attached hydrogen (secondary N) is 1. The van der Waals surface area contributed by atoms with Crippen molar-refractivity contribution in [2.45, 2.75) is 6.54 Å². The number of rotatable bonds is 6. The number of thiophene rings is 1. The van der Waals surface area contributed by atoms with Gasteiger partial charge in [-0.3, -0.25) is 4.79 Å². The maximum Gasteiger partial charge on any atom is 0.244 e. The number of morpholine rings is 1. The summed E-state index contributed by atoms with van der Waals surface area (Å²) in [4.78, 5) is 20.5. The van der Waals surface area contributed by atoms with Crippen molar-refractivity contribution >= 4 is 29.1 Å². The lowest BCUT2D eigenvalue weighted by Crippen LogP contribution is -2.36. The number of amides is 1. The summed E-state index contributed by atoms with van der Waals surface area (Å²) in [5.74, 6) is 0.474. The van der Waals surface area contributed by atoms with E-state index < -0.39 is 0 Å². The van der Waals surface area contributed by atoms with Gasteiger partial charge in [0.2, 0.25) is 5.91 Å². The Hall–Kier alpha value is -3.03. The molecule has 4 rings (SSSR count). The van der Waals surface area contributed by atoms with Gasteiger partial charge in [-0.15, -0.1) is 11.3 Å². The predicted octanol–water partition coefficient (Wildman–Crippen LogP) is 4.12. The highest BCUT2D eigenvalue weighted by Crippen LogP contribution is 2.30. The minimum atomic E-state index is -0.249. The summed E-state index contributed by atoms with van der Waals surface area (Å²) < 4.78 is 19.3. The van der Waals surface area contributed by atoms with E-state index in [2.05, 4.69) is 15.2 Å². The van der Waals surface area contributed by atoms with Crippen molar-refractivity contribution in [3.05, 3.63) is 77.1 Å². The van der Waals surface area contributed by atoms with Crippen LogP contribution in [0.15, 0.2) is 60.8 Å². The van der Waals surface area contributed by atoms with Gasteiger partial charge in [0.1, 0.15) is 11.6 Å². The number of carbonyl (C=O) groups excluding carboxylic acids is 1. The van der Waals surface area contributed by atoms with E-state index in [0.717, 1.165) is 34.2 Å². The second-order valence-electron chi connectivity index (χ2n) is 6.85. The van der Waals surface area contributed by atoms with Gasteiger partial charge in [0, 0.05) is 47.2 Å². The molecule has 1 amide bonds. The topological polar surface area (TPSA) is 54.5 Å². The SMILES string of the molecule is O=C(/C=C/c1ccc(-c2ccccc2F)s1)NCc1ccnc(N2CCOCC2)c1. The van der Waals surface area contributed by atoms with Gasteiger partial charge >= 0.3 is 0 Å². The van der Waals surface area contributed by atoms with Crippen LogP contribution in [0.5, 0.6) is 0 Å². The number of pyridine rings is 1. The van der Waals surface area contributed by atoms with Crippen molar-refractivity contribution in [2.75, 3.05) is 31.2 Å². The summed E-state index contributed by atoms with van der Waals surface area (Å²) in [5, 5.41) is 2.89. The van der Waals surface area contributed by atoms with E-state index in [1.54, 1.807) is 24.4 Å². The third kappa shape index (κ3) is 5.11. The lowest BCUT2D eigenvalue weighted by atomic mass is 10.2. The van der Waals surface area contributed by atoms with Crippen molar-refractivity contribution in [3.63, 3.8) is 0 Å². The van der Waals surface area contributed by atoms with E-state index >= 15 is 0 Å². The van der Waals surface area contributed by atoms with Crippen LogP contribution in [0, 0.1) is 5.82 Å². The van der Waals surface area contributed by atoms with Gasteiger partial charge < -0.3 is 15.0 Å². The first-order valence-corrected chi connectivity index (χ1v) is 10.6. The van der Waals surface area contributed by atoms with Gasteiger partial charge in [-0.25, -0.2) is 9.37 Å². The highest BCUT2D eigenvalue weighted by molar-refractivity contribution is 7.16. The molecule has 3 heterocycles. The van der Waals surface area contributed by atoms with Gasteiger partial charge in [0.15, 0.2) is 0 Å². The predicted molar refractivity (Wildman–Crippen MR) is 118 cm³/mol. The summed E-state index contributed by atoms with van der Waals surface area (Å²) in [6, 6.07) is 14.3. The number of anilines is 1. The molecule has 154 valence electrons. The first kappa shape index (κ1) is 20.3. The average Bonchev–Trinajstić information content (AvgIpc) is 3.26. The summed E-state index contributed by atoms with van der Waals surface area (Å²) in [7, 11) is 0. The van der Waals surface area contributed by atoms with Crippen LogP contribution in [0.25, 0.3) is 16.5 Å². The first-order chi connectivity index (χ1) is 14.7. The standard InChI is InChI=1S/C23H22FN3O2S/c24-20-4-2-1-3-19(20)21-7-5-18(30-21)6-8-23(28)26-16-17-9-10-25-22(15-17)27-11-13-29-14-12-27/h1-10,15H,11-14,16H2,(H,26,28)/b8-6+. The molecule has 0 saturated carbocycles. The molecule has 0 atom stereocenters. The minimum absolute atomic E-state index is 0.180. The number of halogens is 1. The molecule has 1 aromatic carbocycles. The van der Waals surface area contributed by atoms with Gasteiger partial charge in [0.25, 0.3) is 0 Å². The molecule has 7 heteroatoms. The third-order valence-corrected chi connectivity index (χ3v) is 5.86. The molecule has 0 aliphatic carbocycles. The van der Waals surface area contributed by atoms with Crippen LogP contribution in [0.3, 0.4) is 0 Å². The van der Waals surface area contributed by atoms with Crippen LogP contribution in [-0.2, 0) is 16.1 Å². The zero-order valence-electron chi connectivity index (χ0n) is 16.4. The fraction of sp³-hybridized carbons (Fsp3) is 0.217. The van der Waals surface area contributed by atoms with Crippen molar-refractivity contribution < 1.29 is 13.9 Å².